The summed E-state index contributed by atoms with van der Waals surface area (Å²) in [5.74, 6) is -0.106. The van der Waals surface area contributed by atoms with E-state index in [2.05, 4.69) is 10.2 Å². The largest absolute Gasteiger partial charge is 0.383 e. The molecule has 3 aliphatic heterocycles. The molecule has 164 valence electrons. The summed E-state index contributed by atoms with van der Waals surface area (Å²) in [6.45, 7) is 4.77. The number of rotatable bonds is 4. The van der Waals surface area contributed by atoms with Crippen LogP contribution in [0.1, 0.15) is 18.0 Å². The van der Waals surface area contributed by atoms with Gasteiger partial charge in [0.05, 0.1) is 24.8 Å². The van der Waals surface area contributed by atoms with Gasteiger partial charge in [-0.2, -0.15) is 0 Å². The van der Waals surface area contributed by atoms with Gasteiger partial charge >= 0.3 is 6.03 Å². The number of nitrogens with zero attached hydrogens (tertiary/aromatic N) is 3. The molecular formula is C21H29ClN4O4. The predicted molar refractivity (Wildman–Crippen MR) is 112 cm³/mol. The minimum absolute atomic E-state index is 0.0118. The highest BCUT2D eigenvalue weighted by molar-refractivity contribution is 6.30. The number of methoxy groups -OCH3 is 1. The van der Waals surface area contributed by atoms with E-state index in [9.17, 15) is 9.59 Å². The standard InChI is InChI=1S/C21H29ClN4O4/c1-29-13-18(15-2-4-16(22)5-3-15)24-8-10-25(11-9-24)21(28)26-7-6-19-17(12-26)23-20(27)14-30-19/h2-5,17-19H,6-14H2,1H3,(H,23,27). The van der Waals surface area contributed by atoms with Gasteiger partial charge in [-0.15, -0.1) is 0 Å². The number of carbonyl (C=O) groups is 2. The van der Waals surface area contributed by atoms with Crippen LogP contribution in [0.3, 0.4) is 0 Å². The van der Waals surface area contributed by atoms with Crippen LogP contribution in [0.5, 0.6) is 0 Å². The molecule has 3 aliphatic rings. The first kappa shape index (κ1) is 21.4. The van der Waals surface area contributed by atoms with Gasteiger partial charge in [-0.3, -0.25) is 9.69 Å². The monoisotopic (exact) mass is 436 g/mol. The van der Waals surface area contributed by atoms with E-state index in [-0.39, 0.29) is 36.7 Å². The number of piperidine rings is 1. The summed E-state index contributed by atoms with van der Waals surface area (Å²) < 4.78 is 11.1. The maximum Gasteiger partial charge on any atom is 0.320 e. The van der Waals surface area contributed by atoms with Gasteiger partial charge in [-0.05, 0) is 24.1 Å². The molecule has 1 N–H and O–H groups in total. The molecule has 0 bridgehead atoms. The minimum atomic E-state index is -0.110. The summed E-state index contributed by atoms with van der Waals surface area (Å²) in [4.78, 5) is 30.8. The van der Waals surface area contributed by atoms with E-state index in [1.165, 1.54) is 0 Å². The first-order valence-corrected chi connectivity index (χ1v) is 10.9. The zero-order valence-electron chi connectivity index (χ0n) is 17.3. The molecule has 3 saturated heterocycles. The molecule has 1 aromatic rings. The summed E-state index contributed by atoms with van der Waals surface area (Å²) >= 11 is 6.03. The Labute approximate surface area is 182 Å². The number of hydrogen-bond donors (Lipinski definition) is 1. The summed E-state index contributed by atoms with van der Waals surface area (Å²) in [5, 5.41) is 3.67. The second kappa shape index (κ2) is 9.51. The molecular weight excluding hydrogens is 408 g/mol. The zero-order chi connectivity index (χ0) is 21.1. The molecule has 0 spiro atoms. The van der Waals surface area contributed by atoms with Crippen molar-refractivity contribution in [3.8, 4) is 0 Å². The van der Waals surface area contributed by atoms with Crippen LogP contribution in [-0.2, 0) is 14.3 Å². The Balaban J connectivity index is 1.33. The Hall–Kier alpha value is -1.87. The van der Waals surface area contributed by atoms with Gasteiger partial charge in [0.25, 0.3) is 0 Å². The van der Waals surface area contributed by atoms with Crippen molar-refractivity contribution in [3.63, 3.8) is 0 Å². The molecule has 0 saturated carbocycles. The molecule has 30 heavy (non-hydrogen) atoms. The van der Waals surface area contributed by atoms with Crippen LogP contribution in [0.4, 0.5) is 4.79 Å². The number of hydrogen-bond acceptors (Lipinski definition) is 5. The Morgan fingerprint density at radius 1 is 1.20 bits per heavy atom. The number of carbonyl (C=O) groups excluding carboxylic acids is 2. The molecule has 3 unspecified atom stereocenters. The minimum Gasteiger partial charge on any atom is -0.383 e. The fourth-order valence-corrected chi connectivity index (χ4v) is 4.68. The van der Waals surface area contributed by atoms with E-state index in [1.54, 1.807) is 7.11 Å². The van der Waals surface area contributed by atoms with Crippen molar-refractivity contribution in [3.05, 3.63) is 34.9 Å². The van der Waals surface area contributed by atoms with Crippen molar-refractivity contribution in [1.82, 2.24) is 20.0 Å². The molecule has 9 heteroatoms. The third kappa shape index (κ3) is 4.72. The van der Waals surface area contributed by atoms with Crippen LogP contribution in [0.25, 0.3) is 0 Å². The van der Waals surface area contributed by atoms with E-state index < -0.39 is 0 Å². The normalized spacial score (nSPS) is 26.1. The fourth-order valence-electron chi connectivity index (χ4n) is 4.55. The van der Waals surface area contributed by atoms with Crippen molar-refractivity contribution in [2.45, 2.75) is 24.6 Å². The van der Waals surface area contributed by atoms with Gasteiger partial charge in [0, 0.05) is 51.4 Å². The van der Waals surface area contributed by atoms with Crippen molar-refractivity contribution in [2.24, 2.45) is 0 Å². The van der Waals surface area contributed by atoms with Gasteiger partial charge in [-0.25, -0.2) is 4.79 Å². The van der Waals surface area contributed by atoms with Crippen molar-refractivity contribution in [2.75, 3.05) is 59.6 Å². The third-order valence-electron chi connectivity index (χ3n) is 6.20. The Bertz CT molecular complexity index is 754. The van der Waals surface area contributed by atoms with Gasteiger partial charge in [0.15, 0.2) is 0 Å². The molecule has 0 radical (unpaired) electrons. The summed E-state index contributed by atoms with van der Waals surface area (Å²) in [5.41, 5.74) is 1.16. The molecule has 8 nitrogen and oxygen atoms in total. The van der Waals surface area contributed by atoms with E-state index in [0.717, 1.165) is 25.1 Å². The number of morpholine rings is 1. The van der Waals surface area contributed by atoms with E-state index in [1.807, 2.05) is 34.1 Å². The average molecular weight is 437 g/mol. The topological polar surface area (TPSA) is 74.3 Å². The van der Waals surface area contributed by atoms with Crippen LogP contribution in [0.2, 0.25) is 5.02 Å². The lowest BCUT2D eigenvalue weighted by molar-refractivity contribution is -0.139. The smallest absolute Gasteiger partial charge is 0.320 e. The number of likely N-dealkylation sites (tertiary alicyclic amines) is 1. The Morgan fingerprint density at radius 2 is 1.93 bits per heavy atom. The molecule has 3 heterocycles. The van der Waals surface area contributed by atoms with Crippen LogP contribution in [0.15, 0.2) is 24.3 Å². The van der Waals surface area contributed by atoms with E-state index in [0.29, 0.717) is 37.8 Å². The zero-order valence-corrected chi connectivity index (χ0v) is 18.0. The van der Waals surface area contributed by atoms with Gasteiger partial charge in [-0.1, -0.05) is 23.7 Å². The first-order valence-electron chi connectivity index (χ1n) is 10.5. The average Bonchev–Trinajstić information content (AvgIpc) is 2.77. The fraction of sp³-hybridized carbons (Fsp3) is 0.619. The van der Waals surface area contributed by atoms with Crippen molar-refractivity contribution < 1.29 is 19.1 Å². The number of ether oxygens (including phenoxy) is 2. The molecule has 4 rings (SSSR count). The van der Waals surface area contributed by atoms with Crippen LogP contribution < -0.4 is 5.32 Å². The van der Waals surface area contributed by atoms with Crippen molar-refractivity contribution >= 4 is 23.5 Å². The van der Waals surface area contributed by atoms with Crippen LogP contribution in [-0.4, -0.2) is 98.4 Å². The van der Waals surface area contributed by atoms with Gasteiger partial charge in [0.1, 0.15) is 6.61 Å². The highest BCUT2D eigenvalue weighted by Gasteiger charge is 2.38. The Morgan fingerprint density at radius 3 is 2.63 bits per heavy atom. The molecule has 3 atom stereocenters. The number of fused-ring (bicyclic) bond motifs is 1. The summed E-state index contributed by atoms with van der Waals surface area (Å²) in [6.07, 6.45) is 0.765. The number of urea groups is 1. The number of amides is 3. The van der Waals surface area contributed by atoms with Crippen LogP contribution >= 0.6 is 11.6 Å². The molecule has 3 fully saturated rings. The summed E-state index contributed by atoms with van der Waals surface area (Å²) in [6, 6.07) is 7.94. The number of benzene rings is 1. The number of nitrogens with one attached hydrogen (secondary N) is 1. The van der Waals surface area contributed by atoms with Gasteiger partial charge < -0.3 is 24.6 Å². The first-order chi connectivity index (χ1) is 14.5. The second-order valence-electron chi connectivity index (χ2n) is 8.09. The van der Waals surface area contributed by atoms with Crippen molar-refractivity contribution in [1.29, 1.82) is 0 Å². The summed E-state index contributed by atoms with van der Waals surface area (Å²) in [7, 11) is 1.71. The van der Waals surface area contributed by atoms with Crippen LogP contribution in [0, 0.1) is 0 Å². The lowest BCUT2D eigenvalue weighted by Gasteiger charge is -2.44. The van der Waals surface area contributed by atoms with Gasteiger partial charge in [0.2, 0.25) is 5.91 Å². The maximum atomic E-state index is 13.1. The molecule has 1 aromatic carbocycles. The second-order valence-corrected chi connectivity index (χ2v) is 8.52. The highest BCUT2D eigenvalue weighted by atomic mass is 35.5. The van der Waals surface area contributed by atoms with E-state index >= 15 is 0 Å². The molecule has 0 aliphatic carbocycles. The maximum absolute atomic E-state index is 13.1. The lowest BCUT2D eigenvalue weighted by atomic mass is 10.0. The Kier molecular flexibility index (Phi) is 6.77. The molecule has 3 amide bonds. The lowest BCUT2D eigenvalue weighted by Crippen LogP contribution is -2.63. The third-order valence-corrected chi connectivity index (χ3v) is 6.45. The highest BCUT2D eigenvalue weighted by Crippen LogP contribution is 2.25. The SMILES string of the molecule is COCC(c1ccc(Cl)cc1)N1CCN(C(=O)N2CCC3OCC(=O)NC3C2)CC1. The quantitative estimate of drug-likeness (QED) is 0.771. The predicted octanol–water partition coefficient (Wildman–Crippen LogP) is 1.35. The number of piperazine rings is 1. The van der Waals surface area contributed by atoms with E-state index in [4.69, 9.17) is 21.1 Å². The molecule has 0 aromatic heterocycles. The number of halogens is 1.